The Morgan fingerprint density at radius 2 is 1.81 bits per heavy atom. The Balaban J connectivity index is 0. The molecule has 16 heavy (non-hydrogen) atoms. The van der Waals surface area contributed by atoms with Gasteiger partial charge in [0.05, 0.1) is 5.57 Å². The van der Waals surface area contributed by atoms with Crippen LogP contribution >= 0.6 is 0 Å². The SMILES string of the molecule is CCC/C(O)=C(\C)C(=O)O[N+](C)(C)CC.[Cl-]. The summed E-state index contributed by atoms with van der Waals surface area (Å²) in [5.41, 5.74) is 0.302. The molecule has 0 aromatic heterocycles. The number of hydrogen-bond donors (Lipinski definition) is 1. The van der Waals surface area contributed by atoms with Crippen molar-refractivity contribution >= 4 is 5.97 Å². The van der Waals surface area contributed by atoms with Crippen LogP contribution in [-0.4, -0.2) is 36.4 Å². The van der Waals surface area contributed by atoms with Gasteiger partial charge >= 0.3 is 5.97 Å². The molecular formula is C11H22ClNO3. The lowest BCUT2D eigenvalue weighted by Gasteiger charge is -2.24. The molecule has 0 amide bonds. The van der Waals surface area contributed by atoms with Crippen molar-refractivity contribution < 1.29 is 31.8 Å². The molecular weight excluding hydrogens is 230 g/mol. The minimum atomic E-state index is -0.451. The number of nitrogens with zero attached hydrogens (tertiary/aromatic N) is 1. The third-order valence-corrected chi connectivity index (χ3v) is 2.32. The van der Waals surface area contributed by atoms with Crippen LogP contribution in [0.2, 0.25) is 0 Å². The second-order valence-corrected chi connectivity index (χ2v) is 4.09. The summed E-state index contributed by atoms with van der Waals surface area (Å²) < 4.78 is 0.162. The van der Waals surface area contributed by atoms with Crippen LogP contribution in [0.4, 0.5) is 0 Å². The molecule has 0 saturated heterocycles. The predicted molar refractivity (Wildman–Crippen MR) is 59.0 cm³/mol. The lowest BCUT2D eigenvalue weighted by atomic mass is 10.2. The van der Waals surface area contributed by atoms with Crippen molar-refractivity contribution in [2.24, 2.45) is 0 Å². The fraction of sp³-hybridized carbons (Fsp3) is 0.727. The molecule has 0 aliphatic heterocycles. The number of halogens is 1. The van der Waals surface area contributed by atoms with Crippen molar-refractivity contribution in [1.29, 1.82) is 0 Å². The fourth-order valence-corrected chi connectivity index (χ4v) is 0.900. The molecule has 5 heteroatoms. The van der Waals surface area contributed by atoms with Gasteiger partial charge in [-0.05, 0) is 20.3 Å². The molecule has 0 saturated carbocycles. The highest BCUT2D eigenvalue weighted by Crippen LogP contribution is 2.11. The Labute approximate surface area is 104 Å². The molecule has 0 aliphatic carbocycles. The van der Waals surface area contributed by atoms with E-state index >= 15 is 0 Å². The van der Waals surface area contributed by atoms with Gasteiger partial charge in [-0.3, -0.25) is 4.84 Å². The van der Waals surface area contributed by atoms with Crippen LogP contribution in [0, 0.1) is 0 Å². The van der Waals surface area contributed by atoms with E-state index in [-0.39, 0.29) is 22.8 Å². The predicted octanol–water partition coefficient (Wildman–Crippen LogP) is -0.823. The highest BCUT2D eigenvalue weighted by molar-refractivity contribution is 5.87. The van der Waals surface area contributed by atoms with Crippen LogP contribution in [0.3, 0.4) is 0 Å². The van der Waals surface area contributed by atoms with Crippen molar-refractivity contribution in [3.63, 3.8) is 0 Å². The van der Waals surface area contributed by atoms with Gasteiger partial charge in [-0.1, -0.05) is 6.92 Å². The summed E-state index contributed by atoms with van der Waals surface area (Å²) in [5.74, 6) is -0.327. The van der Waals surface area contributed by atoms with Crippen molar-refractivity contribution in [2.75, 3.05) is 20.6 Å². The van der Waals surface area contributed by atoms with Gasteiger partial charge < -0.3 is 17.5 Å². The van der Waals surface area contributed by atoms with E-state index in [1.165, 1.54) is 0 Å². The molecule has 0 heterocycles. The van der Waals surface area contributed by atoms with Gasteiger partial charge in [-0.2, -0.15) is 0 Å². The number of aliphatic hydroxyl groups excluding tert-OH is 1. The fourth-order valence-electron chi connectivity index (χ4n) is 0.900. The summed E-state index contributed by atoms with van der Waals surface area (Å²) in [5, 5.41) is 9.53. The summed E-state index contributed by atoms with van der Waals surface area (Å²) >= 11 is 0. The zero-order valence-electron chi connectivity index (χ0n) is 10.7. The Morgan fingerprint density at radius 3 is 2.19 bits per heavy atom. The number of rotatable bonds is 5. The molecule has 0 rings (SSSR count). The van der Waals surface area contributed by atoms with Crippen LogP contribution in [-0.2, 0) is 9.63 Å². The monoisotopic (exact) mass is 251 g/mol. The Morgan fingerprint density at radius 1 is 1.31 bits per heavy atom. The first kappa shape index (κ1) is 17.6. The summed E-state index contributed by atoms with van der Waals surface area (Å²) in [6.07, 6.45) is 1.32. The number of hydroxylamine groups is 3. The van der Waals surface area contributed by atoms with Gasteiger partial charge in [-0.15, -0.1) is 4.65 Å². The highest BCUT2D eigenvalue weighted by atomic mass is 35.5. The second kappa shape index (κ2) is 7.52. The number of carbonyl (C=O) groups excluding carboxylic acids is 1. The molecule has 0 spiro atoms. The molecule has 0 aromatic rings. The van der Waals surface area contributed by atoms with Crippen LogP contribution in [0.5, 0.6) is 0 Å². The van der Waals surface area contributed by atoms with E-state index in [9.17, 15) is 9.90 Å². The number of quaternary nitrogens is 1. The van der Waals surface area contributed by atoms with Gasteiger partial charge in [-0.25, -0.2) is 4.79 Å². The molecule has 0 radical (unpaired) electrons. The van der Waals surface area contributed by atoms with Crippen molar-refractivity contribution in [2.45, 2.75) is 33.6 Å². The van der Waals surface area contributed by atoms with Crippen LogP contribution in [0.15, 0.2) is 11.3 Å². The molecule has 0 aromatic carbocycles. The van der Waals surface area contributed by atoms with E-state index in [2.05, 4.69) is 0 Å². The third kappa shape index (κ3) is 5.98. The first-order valence-electron chi connectivity index (χ1n) is 5.29. The number of carbonyl (C=O) groups is 1. The summed E-state index contributed by atoms with van der Waals surface area (Å²) in [6.45, 7) is 6.15. The first-order valence-corrected chi connectivity index (χ1v) is 5.29. The van der Waals surface area contributed by atoms with E-state index < -0.39 is 5.97 Å². The lowest BCUT2D eigenvalue weighted by Crippen LogP contribution is -3.00. The van der Waals surface area contributed by atoms with Gasteiger partial charge in [0, 0.05) is 6.42 Å². The van der Waals surface area contributed by atoms with E-state index in [1.54, 1.807) is 21.0 Å². The van der Waals surface area contributed by atoms with Crippen molar-refractivity contribution in [1.82, 2.24) is 0 Å². The minimum absolute atomic E-state index is 0. The number of aliphatic hydroxyl groups is 1. The maximum atomic E-state index is 11.6. The molecule has 0 unspecified atom stereocenters. The second-order valence-electron chi connectivity index (χ2n) is 4.09. The zero-order chi connectivity index (χ0) is 12.1. The van der Waals surface area contributed by atoms with Gasteiger partial charge in [0.15, 0.2) is 0 Å². The molecule has 4 nitrogen and oxygen atoms in total. The Kier molecular flexibility index (Phi) is 8.29. The van der Waals surface area contributed by atoms with Gasteiger partial charge in [0.25, 0.3) is 0 Å². The van der Waals surface area contributed by atoms with Gasteiger partial charge in [0.2, 0.25) is 0 Å². The van der Waals surface area contributed by atoms with Gasteiger partial charge in [0.1, 0.15) is 26.4 Å². The van der Waals surface area contributed by atoms with E-state index in [1.807, 2.05) is 13.8 Å². The van der Waals surface area contributed by atoms with Crippen LogP contribution < -0.4 is 12.4 Å². The largest absolute Gasteiger partial charge is 1.00 e. The zero-order valence-corrected chi connectivity index (χ0v) is 11.5. The maximum Gasteiger partial charge on any atom is 0.396 e. The van der Waals surface area contributed by atoms with Crippen LogP contribution in [0.1, 0.15) is 33.6 Å². The topological polar surface area (TPSA) is 46.5 Å². The third-order valence-electron chi connectivity index (χ3n) is 2.32. The molecule has 0 aliphatic rings. The summed E-state index contributed by atoms with van der Waals surface area (Å²) in [4.78, 5) is 16.8. The highest BCUT2D eigenvalue weighted by Gasteiger charge is 2.22. The smallest absolute Gasteiger partial charge is 0.396 e. The lowest BCUT2D eigenvalue weighted by molar-refractivity contribution is -1.06. The molecule has 0 atom stereocenters. The van der Waals surface area contributed by atoms with Crippen molar-refractivity contribution in [3.05, 3.63) is 11.3 Å². The molecule has 0 bridgehead atoms. The van der Waals surface area contributed by atoms with Crippen molar-refractivity contribution in [3.8, 4) is 0 Å². The standard InChI is InChI=1S/C11H21NO3.ClH/c1-6-8-10(13)9(3)11(14)15-12(4,5)7-2;/h6-8H2,1-5H3;1H. The maximum absolute atomic E-state index is 11.6. The summed E-state index contributed by atoms with van der Waals surface area (Å²) in [7, 11) is 3.59. The number of hydrogen-bond acceptors (Lipinski definition) is 3. The van der Waals surface area contributed by atoms with Crippen LogP contribution in [0.25, 0.3) is 0 Å². The van der Waals surface area contributed by atoms with E-state index in [4.69, 9.17) is 4.84 Å². The molecule has 1 N–H and O–H groups in total. The summed E-state index contributed by atoms with van der Waals surface area (Å²) in [6, 6.07) is 0. The Bertz CT molecular complexity index is 262. The average Bonchev–Trinajstić information content (AvgIpc) is 2.16. The molecule has 0 fully saturated rings. The first-order chi connectivity index (χ1) is 6.84. The quantitative estimate of drug-likeness (QED) is 0.301. The minimum Gasteiger partial charge on any atom is -1.00 e. The normalized spacial score (nSPS) is 12.6. The molecule has 96 valence electrons. The average molecular weight is 252 g/mol. The van der Waals surface area contributed by atoms with E-state index in [0.717, 1.165) is 6.42 Å². The number of allylic oxidation sites excluding steroid dienone is 1. The van der Waals surface area contributed by atoms with E-state index in [0.29, 0.717) is 18.5 Å². The Hall–Kier alpha value is -0.740.